The zero-order valence-corrected chi connectivity index (χ0v) is 11.7. The van der Waals surface area contributed by atoms with Crippen LogP contribution >= 0.6 is 27.3 Å². The summed E-state index contributed by atoms with van der Waals surface area (Å²) in [4.78, 5) is 12.5. The molecular weight excluding hydrogens is 312 g/mol. The summed E-state index contributed by atoms with van der Waals surface area (Å²) in [5, 5.41) is 11.4. The molecule has 18 heavy (non-hydrogen) atoms. The van der Waals surface area contributed by atoms with E-state index in [2.05, 4.69) is 27.3 Å². The van der Waals surface area contributed by atoms with Crippen molar-refractivity contribution in [1.82, 2.24) is 0 Å². The van der Waals surface area contributed by atoms with Crippen molar-refractivity contribution in [3.05, 3.63) is 50.6 Å². The fraction of sp³-hybridized carbons (Fsp3) is 0.0769. The van der Waals surface area contributed by atoms with E-state index < -0.39 is 0 Å². The summed E-state index contributed by atoms with van der Waals surface area (Å²) in [5.41, 5.74) is 1.67. The van der Waals surface area contributed by atoms with Gasteiger partial charge in [-0.1, -0.05) is 12.1 Å². The molecule has 0 unspecified atom stereocenters. The van der Waals surface area contributed by atoms with Gasteiger partial charge < -0.3 is 5.32 Å². The van der Waals surface area contributed by atoms with Gasteiger partial charge in [0.15, 0.2) is 0 Å². The van der Waals surface area contributed by atoms with E-state index in [0.29, 0.717) is 11.3 Å². The summed E-state index contributed by atoms with van der Waals surface area (Å²) in [5.74, 6) is -0.126. The van der Waals surface area contributed by atoms with Crippen LogP contribution in [0.4, 0.5) is 5.69 Å². The minimum Gasteiger partial charge on any atom is -0.321 e. The number of nitriles is 1. The Hall–Kier alpha value is -1.64. The average molecular weight is 321 g/mol. The predicted octanol–water partition coefficient (Wildman–Crippen LogP) is 3.83. The summed E-state index contributed by atoms with van der Waals surface area (Å²) in [6, 6.07) is 13.0. The molecule has 0 saturated carbocycles. The van der Waals surface area contributed by atoms with Crippen LogP contribution in [0.5, 0.6) is 0 Å². The van der Waals surface area contributed by atoms with Crippen molar-refractivity contribution in [2.24, 2.45) is 0 Å². The first-order valence-corrected chi connectivity index (χ1v) is 6.82. The van der Waals surface area contributed by atoms with Gasteiger partial charge in [-0.05, 0) is 45.8 Å². The molecule has 1 aromatic carbocycles. The molecule has 1 N–H and O–H groups in total. The molecule has 3 nitrogen and oxygen atoms in total. The number of carbonyl (C=O) groups excluding carboxylic acids is 1. The van der Waals surface area contributed by atoms with Crippen LogP contribution in [0.2, 0.25) is 0 Å². The highest BCUT2D eigenvalue weighted by molar-refractivity contribution is 9.11. The largest absolute Gasteiger partial charge is 0.321 e. The molecule has 90 valence electrons. The van der Waals surface area contributed by atoms with E-state index >= 15 is 0 Å². The second-order valence-corrected chi connectivity index (χ2v) is 6.05. The number of amides is 1. The quantitative estimate of drug-likeness (QED) is 0.934. The minimum atomic E-state index is -0.126. The third-order valence-electron chi connectivity index (χ3n) is 2.29. The molecule has 0 aliphatic rings. The zero-order chi connectivity index (χ0) is 13.0. The van der Waals surface area contributed by atoms with E-state index in [4.69, 9.17) is 5.26 Å². The van der Waals surface area contributed by atoms with Crippen molar-refractivity contribution in [2.75, 3.05) is 5.32 Å². The number of rotatable bonds is 3. The van der Waals surface area contributed by atoms with Crippen LogP contribution in [0.25, 0.3) is 0 Å². The van der Waals surface area contributed by atoms with Crippen molar-refractivity contribution in [1.29, 1.82) is 5.26 Å². The first-order valence-electron chi connectivity index (χ1n) is 5.21. The van der Waals surface area contributed by atoms with Gasteiger partial charge >= 0.3 is 0 Å². The van der Waals surface area contributed by atoms with Gasteiger partial charge in [0.05, 0.1) is 21.2 Å². The zero-order valence-electron chi connectivity index (χ0n) is 9.31. The smallest absolute Gasteiger partial charge is 0.265 e. The van der Waals surface area contributed by atoms with Crippen LogP contribution < -0.4 is 5.32 Å². The van der Waals surface area contributed by atoms with Crippen molar-refractivity contribution < 1.29 is 4.79 Å². The molecule has 0 fully saturated rings. The molecule has 0 radical (unpaired) electrons. The molecule has 0 aliphatic carbocycles. The first-order chi connectivity index (χ1) is 8.69. The van der Waals surface area contributed by atoms with Crippen molar-refractivity contribution in [2.45, 2.75) is 6.42 Å². The second-order valence-electron chi connectivity index (χ2n) is 3.59. The number of nitrogens with one attached hydrogen (secondary N) is 1. The number of thiophene rings is 1. The van der Waals surface area contributed by atoms with Crippen LogP contribution in [0.15, 0.2) is 40.2 Å². The lowest BCUT2D eigenvalue weighted by atomic mass is 10.1. The summed E-state index contributed by atoms with van der Waals surface area (Å²) < 4.78 is 0.928. The van der Waals surface area contributed by atoms with Crippen molar-refractivity contribution in [3.63, 3.8) is 0 Å². The summed E-state index contributed by atoms with van der Waals surface area (Å²) in [6.07, 6.45) is 0.381. The number of halogens is 1. The monoisotopic (exact) mass is 320 g/mol. The van der Waals surface area contributed by atoms with Crippen LogP contribution in [0.1, 0.15) is 15.2 Å². The van der Waals surface area contributed by atoms with E-state index in [0.717, 1.165) is 15.0 Å². The Bertz CT molecular complexity index is 598. The number of benzene rings is 1. The molecule has 1 heterocycles. The number of hydrogen-bond donors (Lipinski definition) is 1. The molecule has 0 atom stereocenters. The van der Waals surface area contributed by atoms with Gasteiger partial charge in [-0.2, -0.15) is 5.26 Å². The van der Waals surface area contributed by atoms with Crippen LogP contribution in [0, 0.1) is 11.3 Å². The molecule has 0 bridgehead atoms. The Balaban J connectivity index is 2.05. The lowest BCUT2D eigenvalue weighted by Gasteiger charge is -2.03. The van der Waals surface area contributed by atoms with E-state index in [1.807, 2.05) is 18.2 Å². The fourth-order valence-corrected chi connectivity index (χ4v) is 2.71. The molecule has 2 rings (SSSR count). The maximum Gasteiger partial charge on any atom is 0.265 e. The Morgan fingerprint density at radius 2 is 2.00 bits per heavy atom. The molecule has 0 aliphatic heterocycles. The number of carbonyl (C=O) groups is 1. The van der Waals surface area contributed by atoms with E-state index in [1.165, 1.54) is 11.3 Å². The predicted molar refractivity (Wildman–Crippen MR) is 75.7 cm³/mol. The second kappa shape index (κ2) is 5.80. The molecule has 0 saturated heterocycles. The van der Waals surface area contributed by atoms with E-state index in [9.17, 15) is 4.79 Å². The Kier molecular flexibility index (Phi) is 4.13. The van der Waals surface area contributed by atoms with E-state index in [1.54, 1.807) is 18.2 Å². The molecule has 0 spiro atoms. The normalized spacial score (nSPS) is 9.78. The third kappa shape index (κ3) is 3.19. The van der Waals surface area contributed by atoms with Crippen LogP contribution in [-0.2, 0) is 6.42 Å². The number of hydrogen-bond acceptors (Lipinski definition) is 3. The minimum absolute atomic E-state index is 0.126. The number of anilines is 1. The van der Waals surface area contributed by atoms with Crippen LogP contribution in [-0.4, -0.2) is 5.91 Å². The molecular formula is C13H9BrN2OS. The molecule has 1 amide bonds. The van der Waals surface area contributed by atoms with Gasteiger partial charge in [0.25, 0.3) is 5.91 Å². The highest BCUT2D eigenvalue weighted by Crippen LogP contribution is 2.23. The Labute approximate surface area is 117 Å². The molecule has 1 aromatic heterocycles. The van der Waals surface area contributed by atoms with E-state index in [-0.39, 0.29) is 5.91 Å². The van der Waals surface area contributed by atoms with Gasteiger partial charge in [-0.25, -0.2) is 0 Å². The average Bonchev–Trinajstić information content (AvgIpc) is 2.79. The van der Waals surface area contributed by atoms with Crippen LogP contribution in [0.3, 0.4) is 0 Å². The lowest BCUT2D eigenvalue weighted by molar-refractivity contribution is 0.103. The SMILES string of the molecule is N#CCc1ccc(NC(=O)c2ccc(Br)s2)cc1. The Morgan fingerprint density at radius 1 is 1.28 bits per heavy atom. The fourth-order valence-electron chi connectivity index (χ4n) is 1.43. The first kappa shape index (κ1) is 12.8. The van der Waals surface area contributed by atoms with Gasteiger partial charge in [0, 0.05) is 5.69 Å². The summed E-state index contributed by atoms with van der Waals surface area (Å²) in [7, 11) is 0. The maximum absolute atomic E-state index is 11.9. The van der Waals surface area contributed by atoms with Gasteiger partial charge in [0.1, 0.15) is 0 Å². The van der Waals surface area contributed by atoms with Crippen molar-refractivity contribution >= 4 is 38.9 Å². The molecule has 5 heteroatoms. The van der Waals surface area contributed by atoms with Crippen molar-refractivity contribution in [3.8, 4) is 6.07 Å². The highest BCUT2D eigenvalue weighted by Gasteiger charge is 2.08. The van der Waals surface area contributed by atoms with Gasteiger partial charge in [0.2, 0.25) is 0 Å². The van der Waals surface area contributed by atoms with Gasteiger partial charge in [-0.15, -0.1) is 11.3 Å². The highest BCUT2D eigenvalue weighted by atomic mass is 79.9. The van der Waals surface area contributed by atoms with Gasteiger partial charge in [-0.3, -0.25) is 4.79 Å². The molecule has 2 aromatic rings. The standard InChI is InChI=1S/C13H9BrN2OS/c14-12-6-5-11(18-12)13(17)16-10-3-1-9(2-4-10)7-8-15/h1-6H,7H2,(H,16,17). The maximum atomic E-state index is 11.9. The summed E-state index contributed by atoms with van der Waals surface area (Å²) >= 11 is 4.71. The lowest BCUT2D eigenvalue weighted by Crippen LogP contribution is -2.09. The summed E-state index contributed by atoms with van der Waals surface area (Å²) in [6.45, 7) is 0. The third-order valence-corrected chi connectivity index (χ3v) is 3.91. The topological polar surface area (TPSA) is 52.9 Å². The number of nitrogens with zero attached hydrogens (tertiary/aromatic N) is 1. The Morgan fingerprint density at radius 3 is 2.56 bits per heavy atom.